The van der Waals surface area contributed by atoms with Crippen LogP contribution >= 0.6 is 22.9 Å². The number of amides is 1. The van der Waals surface area contributed by atoms with Gasteiger partial charge < -0.3 is 5.32 Å². The van der Waals surface area contributed by atoms with Gasteiger partial charge in [-0.05, 0) is 30.2 Å². The molecule has 0 bridgehead atoms. The van der Waals surface area contributed by atoms with E-state index in [9.17, 15) is 4.79 Å². The fourth-order valence-electron chi connectivity index (χ4n) is 2.39. The lowest BCUT2D eigenvalue weighted by Gasteiger charge is -2.05. The van der Waals surface area contributed by atoms with Crippen molar-refractivity contribution in [2.75, 3.05) is 5.32 Å². The van der Waals surface area contributed by atoms with Crippen LogP contribution in [0.15, 0.2) is 53.9 Å². The van der Waals surface area contributed by atoms with E-state index in [1.54, 1.807) is 0 Å². The van der Waals surface area contributed by atoms with Crippen LogP contribution in [0.3, 0.4) is 0 Å². The van der Waals surface area contributed by atoms with Crippen LogP contribution in [0.1, 0.15) is 18.2 Å². The molecule has 24 heavy (non-hydrogen) atoms. The summed E-state index contributed by atoms with van der Waals surface area (Å²) in [7, 11) is 0. The Balaban J connectivity index is 1.68. The number of anilines is 1. The molecule has 0 spiro atoms. The number of nitrogens with zero attached hydrogens (tertiary/aromatic N) is 1. The molecule has 0 saturated heterocycles. The fourth-order valence-corrected chi connectivity index (χ4v) is 3.53. The topological polar surface area (TPSA) is 42.0 Å². The molecule has 0 saturated carbocycles. The minimum Gasteiger partial charge on any atom is -0.326 e. The number of aromatic nitrogens is 1. The maximum atomic E-state index is 12.2. The summed E-state index contributed by atoms with van der Waals surface area (Å²) in [6.07, 6.45) is 1.19. The highest BCUT2D eigenvalue weighted by molar-refractivity contribution is 7.13. The van der Waals surface area contributed by atoms with Crippen molar-refractivity contribution < 1.29 is 4.79 Å². The van der Waals surface area contributed by atoms with Crippen molar-refractivity contribution in [3.05, 3.63) is 70.2 Å². The Kier molecular flexibility index (Phi) is 5.28. The van der Waals surface area contributed by atoms with Gasteiger partial charge in [0.25, 0.3) is 0 Å². The highest BCUT2D eigenvalue weighted by Crippen LogP contribution is 2.30. The van der Waals surface area contributed by atoms with Gasteiger partial charge in [-0.15, -0.1) is 11.3 Å². The van der Waals surface area contributed by atoms with Crippen molar-refractivity contribution >= 4 is 34.5 Å². The quantitative estimate of drug-likeness (QED) is 0.682. The van der Waals surface area contributed by atoms with E-state index in [0.29, 0.717) is 5.02 Å². The zero-order valence-electron chi connectivity index (χ0n) is 13.3. The van der Waals surface area contributed by atoms with E-state index in [0.717, 1.165) is 28.4 Å². The minimum atomic E-state index is -0.0701. The Hall–Kier alpha value is -2.17. The Labute approximate surface area is 150 Å². The molecule has 3 rings (SSSR count). The van der Waals surface area contributed by atoms with E-state index in [-0.39, 0.29) is 12.3 Å². The average molecular weight is 357 g/mol. The van der Waals surface area contributed by atoms with Gasteiger partial charge in [0, 0.05) is 16.6 Å². The lowest BCUT2D eigenvalue weighted by Crippen LogP contribution is -2.14. The van der Waals surface area contributed by atoms with Crippen LogP contribution in [-0.2, 0) is 17.6 Å². The molecule has 0 aliphatic carbocycles. The largest absolute Gasteiger partial charge is 0.326 e. The fraction of sp³-hybridized carbons (Fsp3) is 0.158. The lowest BCUT2D eigenvalue weighted by atomic mass is 10.1. The number of aryl methyl sites for hydroxylation is 1. The molecule has 0 aliphatic rings. The summed E-state index contributed by atoms with van der Waals surface area (Å²) in [6, 6.07) is 15.5. The molecule has 1 heterocycles. The molecular weight excluding hydrogens is 340 g/mol. The van der Waals surface area contributed by atoms with E-state index in [1.807, 2.05) is 53.9 Å². The van der Waals surface area contributed by atoms with Crippen LogP contribution in [0.4, 0.5) is 5.69 Å². The summed E-state index contributed by atoms with van der Waals surface area (Å²) in [5.41, 5.74) is 3.66. The van der Waals surface area contributed by atoms with Gasteiger partial charge in [0.1, 0.15) is 5.01 Å². The maximum Gasteiger partial charge on any atom is 0.230 e. The van der Waals surface area contributed by atoms with Crippen LogP contribution < -0.4 is 5.32 Å². The second-order valence-corrected chi connectivity index (χ2v) is 6.67. The smallest absolute Gasteiger partial charge is 0.230 e. The summed E-state index contributed by atoms with van der Waals surface area (Å²) in [5, 5.41) is 6.32. The van der Waals surface area contributed by atoms with Crippen molar-refractivity contribution in [2.45, 2.75) is 19.8 Å². The second kappa shape index (κ2) is 7.60. The molecular formula is C19H17ClN2OS. The average Bonchev–Trinajstić information content (AvgIpc) is 3.03. The summed E-state index contributed by atoms with van der Waals surface area (Å²) in [6.45, 7) is 2.09. The van der Waals surface area contributed by atoms with Crippen LogP contribution in [0.2, 0.25) is 5.02 Å². The molecule has 122 valence electrons. The standard InChI is InChI=1S/C19H17ClN2OS/c1-2-13-6-5-7-14(10-13)21-18(23)11-15-12-24-19(22-15)16-8-3-4-9-17(16)20/h3-10,12H,2,11H2,1H3,(H,21,23). The molecule has 5 heteroatoms. The minimum absolute atomic E-state index is 0.0701. The molecule has 0 aliphatic heterocycles. The van der Waals surface area contributed by atoms with Crippen molar-refractivity contribution in [3.63, 3.8) is 0 Å². The van der Waals surface area contributed by atoms with Crippen LogP contribution in [0.5, 0.6) is 0 Å². The second-order valence-electron chi connectivity index (χ2n) is 5.40. The van der Waals surface area contributed by atoms with E-state index in [1.165, 1.54) is 16.9 Å². The van der Waals surface area contributed by atoms with E-state index in [4.69, 9.17) is 11.6 Å². The van der Waals surface area contributed by atoms with E-state index in [2.05, 4.69) is 17.2 Å². The Morgan fingerprint density at radius 1 is 1.21 bits per heavy atom. The maximum absolute atomic E-state index is 12.2. The third-order valence-corrected chi connectivity index (χ3v) is 4.87. The zero-order valence-corrected chi connectivity index (χ0v) is 14.8. The highest BCUT2D eigenvalue weighted by atomic mass is 35.5. The first-order valence-electron chi connectivity index (χ1n) is 7.74. The first kappa shape index (κ1) is 16.7. The molecule has 3 aromatic rings. The third kappa shape index (κ3) is 4.02. The van der Waals surface area contributed by atoms with Gasteiger partial charge in [-0.1, -0.05) is 48.9 Å². The normalized spacial score (nSPS) is 10.6. The summed E-state index contributed by atoms with van der Waals surface area (Å²) >= 11 is 7.69. The number of nitrogens with one attached hydrogen (secondary N) is 1. The van der Waals surface area contributed by atoms with Crippen LogP contribution in [-0.4, -0.2) is 10.9 Å². The molecule has 0 fully saturated rings. The van der Waals surface area contributed by atoms with E-state index < -0.39 is 0 Å². The first-order valence-corrected chi connectivity index (χ1v) is 8.99. The Morgan fingerprint density at radius 3 is 2.83 bits per heavy atom. The molecule has 0 unspecified atom stereocenters. The number of hydrogen-bond donors (Lipinski definition) is 1. The number of carbonyl (C=O) groups is 1. The summed E-state index contributed by atoms with van der Waals surface area (Å²) in [5.74, 6) is -0.0701. The van der Waals surface area contributed by atoms with Gasteiger partial charge in [-0.2, -0.15) is 0 Å². The van der Waals surface area contributed by atoms with Gasteiger partial charge in [0.05, 0.1) is 17.1 Å². The van der Waals surface area contributed by atoms with Crippen LogP contribution in [0.25, 0.3) is 10.6 Å². The van der Waals surface area contributed by atoms with Crippen molar-refractivity contribution in [3.8, 4) is 10.6 Å². The number of benzene rings is 2. The number of rotatable bonds is 5. The van der Waals surface area contributed by atoms with E-state index >= 15 is 0 Å². The number of thiazole rings is 1. The molecule has 1 aromatic heterocycles. The third-order valence-electron chi connectivity index (χ3n) is 3.62. The predicted octanol–water partition coefficient (Wildman–Crippen LogP) is 5.21. The summed E-state index contributed by atoms with van der Waals surface area (Å²) < 4.78 is 0. The van der Waals surface area contributed by atoms with Crippen molar-refractivity contribution in [2.24, 2.45) is 0 Å². The first-order chi connectivity index (χ1) is 11.7. The zero-order chi connectivity index (χ0) is 16.9. The Morgan fingerprint density at radius 2 is 2.04 bits per heavy atom. The molecule has 2 aromatic carbocycles. The molecule has 0 radical (unpaired) electrons. The number of halogens is 1. The molecule has 3 nitrogen and oxygen atoms in total. The van der Waals surface area contributed by atoms with Gasteiger partial charge in [0.15, 0.2) is 0 Å². The van der Waals surface area contributed by atoms with Crippen molar-refractivity contribution in [1.82, 2.24) is 4.98 Å². The van der Waals surface area contributed by atoms with Gasteiger partial charge in [-0.3, -0.25) is 4.79 Å². The Bertz CT molecular complexity index is 860. The summed E-state index contributed by atoms with van der Waals surface area (Å²) in [4.78, 5) is 16.8. The van der Waals surface area contributed by atoms with Gasteiger partial charge >= 0.3 is 0 Å². The SMILES string of the molecule is CCc1cccc(NC(=O)Cc2csc(-c3ccccc3Cl)n2)c1. The monoisotopic (exact) mass is 356 g/mol. The van der Waals surface area contributed by atoms with Gasteiger partial charge in [-0.25, -0.2) is 4.98 Å². The lowest BCUT2D eigenvalue weighted by molar-refractivity contribution is -0.115. The molecule has 0 atom stereocenters. The number of hydrogen-bond acceptors (Lipinski definition) is 3. The predicted molar refractivity (Wildman–Crippen MR) is 101 cm³/mol. The van der Waals surface area contributed by atoms with Gasteiger partial charge in [0.2, 0.25) is 5.91 Å². The highest BCUT2D eigenvalue weighted by Gasteiger charge is 2.11. The van der Waals surface area contributed by atoms with Crippen LogP contribution in [0, 0.1) is 0 Å². The van der Waals surface area contributed by atoms with Crippen molar-refractivity contribution in [1.29, 1.82) is 0 Å². The molecule has 1 amide bonds. The number of carbonyl (C=O) groups excluding carboxylic acids is 1. The molecule has 1 N–H and O–H groups in total.